The van der Waals surface area contributed by atoms with E-state index in [9.17, 15) is 14.4 Å². The molecule has 0 bridgehead atoms. The Morgan fingerprint density at radius 3 is 2.63 bits per heavy atom. The number of amides is 1. The lowest BCUT2D eigenvalue weighted by Gasteiger charge is -2.38. The van der Waals surface area contributed by atoms with E-state index in [2.05, 4.69) is 4.98 Å². The Balaban J connectivity index is 1.47. The highest BCUT2D eigenvalue weighted by Gasteiger charge is 2.47. The van der Waals surface area contributed by atoms with Gasteiger partial charge in [-0.1, -0.05) is 18.2 Å². The highest BCUT2D eigenvalue weighted by Crippen LogP contribution is 2.43. The van der Waals surface area contributed by atoms with E-state index in [0.717, 1.165) is 5.56 Å². The molecular weight excluding hydrogens is 346 g/mol. The predicted molar refractivity (Wildman–Crippen MR) is 97.3 cm³/mol. The number of ether oxygens (including phenoxy) is 1. The van der Waals surface area contributed by atoms with Crippen LogP contribution in [0.15, 0.2) is 35.4 Å². The first-order chi connectivity index (χ1) is 12.9. The van der Waals surface area contributed by atoms with Gasteiger partial charge in [0.2, 0.25) is 5.91 Å². The summed E-state index contributed by atoms with van der Waals surface area (Å²) in [5.74, 6) is -0.423. The van der Waals surface area contributed by atoms with Crippen molar-refractivity contribution in [3.05, 3.63) is 63.3 Å². The van der Waals surface area contributed by atoms with Crippen molar-refractivity contribution in [1.82, 2.24) is 14.5 Å². The minimum Gasteiger partial charge on any atom is -0.450 e. The molecule has 2 aromatic rings. The van der Waals surface area contributed by atoms with Crippen LogP contribution in [-0.2, 0) is 21.7 Å². The largest absolute Gasteiger partial charge is 0.450 e. The van der Waals surface area contributed by atoms with E-state index in [0.29, 0.717) is 42.8 Å². The fraction of sp³-hybridized carbons (Fsp3) is 0.400. The molecule has 0 unspecified atom stereocenters. The maximum atomic E-state index is 12.7. The molecule has 7 heteroatoms. The van der Waals surface area contributed by atoms with Gasteiger partial charge < -0.3 is 9.64 Å². The molecule has 27 heavy (non-hydrogen) atoms. The fourth-order valence-corrected chi connectivity index (χ4v) is 3.87. The molecule has 140 valence electrons. The molecule has 3 heterocycles. The van der Waals surface area contributed by atoms with Crippen LogP contribution in [0.5, 0.6) is 0 Å². The molecule has 1 aromatic carbocycles. The number of benzene rings is 1. The summed E-state index contributed by atoms with van der Waals surface area (Å²) in [5, 5.41) is 0. The van der Waals surface area contributed by atoms with E-state index < -0.39 is 5.60 Å². The van der Waals surface area contributed by atoms with Crippen molar-refractivity contribution in [2.24, 2.45) is 0 Å². The zero-order valence-electron chi connectivity index (χ0n) is 15.4. The fourth-order valence-electron chi connectivity index (χ4n) is 3.87. The van der Waals surface area contributed by atoms with Gasteiger partial charge in [-0.2, -0.15) is 0 Å². The second-order valence-corrected chi connectivity index (χ2v) is 7.20. The molecule has 7 nitrogen and oxygen atoms in total. The summed E-state index contributed by atoms with van der Waals surface area (Å²) >= 11 is 0. The lowest BCUT2D eigenvalue weighted by atomic mass is 9.84. The first-order valence-corrected chi connectivity index (χ1v) is 9.04. The van der Waals surface area contributed by atoms with Gasteiger partial charge in [-0.25, -0.2) is 9.78 Å². The van der Waals surface area contributed by atoms with Gasteiger partial charge in [0.05, 0.1) is 11.9 Å². The van der Waals surface area contributed by atoms with Gasteiger partial charge in [0.25, 0.3) is 5.56 Å². The van der Waals surface area contributed by atoms with E-state index in [1.165, 1.54) is 10.9 Å². The maximum Gasteiger partial charge on any atom is 0.339 e. The quantitative estimate of drug-likeness (QED) is 0.752. The third-order valence-corrected chi connectivity index (χ3v) is 5.67. The molecule has 1 saturated heterocycles. The van der Waals surface area contributed by atoms with Crippen molar-refractivity contribution in [2.75, 3.05) is 13.1 Å². The molecule has 0 radical (unpaired) electrons. The standard InChI is InChI=1S/C20H21N3O4/c1-13-14(2)21-12-23(18(13)25)11-17(24)22-9-7-20(8-10-22)16-6-4-3-5-15(16)19(26)27-20/h3-6,12H,7-11H2,1-2H3. The zero-order chi connectivity index (χ0) is 19.2. The molecule has 0 saturated carbocycles. The topological polar surface area (TPSA) is 81.5 Å². The molecule has 1 spiro atoms. The lowest BCUT2D eigenvalue weighted by Crippen LogP contribution is -2.47. The highest BCUT2D eigenvalue weighted by molar-refractivity contribution is 5.94. The summed E-state index contributed by atoms with van der Waals surface area (Å²) in [4.78, 5) is 43.0. The van der Waals surface area contributed by atoms with Gasteiger partial charge in [0, 0.05) is 42.8 Å². The SMILES string of the molecule is Cc1ncn(CC(=O)N2CCC3(CC2)OC(=O)c2ccccc23)c(=O)c1C. The Labute approximate surface area is 156 Å². The summed E-state index contributed by atoms with van der Waals surface area (Å²) < 4.78 is 7.06. The Morgan fingerprint density at radius 1 is 1.19 bits per heavy atom. The van der Waals surface area contributed by atoms with Crippen LogP contribution in [0.1, 0.15) is 40.0 Å². The summed E-state index contributed by atoms with van der Waals surface area (Å²) in [6.07, 6.45) is 2.53. The van der Waals surface area contributed by atoms with Gasteiger partial charge in [0.15, 0.2) is 0 Å². The van der Waals surface area contributed by atoms with Gasteiger partial charge in [-0.3, -0.25) is 14.2 Å². The van der Waals surface area contributed by atoms with E-state index in [-0.39, 0.29) is 24.0 Å². The number of carbonyl (C=O) groups is 2. The molecule has 2 aliphatic heterocycles. The number of hydrogen-bond donors (Lipinski definition) is 0. The van der Waals surface area contributed by atoms with Crippen LogP contribution in [-0.4, -0.2) is 39.4 Å². The Bertz CT molecular complexity index is 987. The lowest BCUT2D eigenvalue weighted by molar-refractivity contribution is -0.136. The monoisotopic (exact) mass is 367 g/mol. The van der Waals surface area contributed by atoms with Crippen LogP contribution in [0.4, 0.5) is 0 Å². The van der Waals surface area contributed by atoms with Crippen LogP contribution in [0.3, 0.4) is 0 Å². The Kier molecular flexibility index (Phi) is 4.09. The van der Waals surface area contributed by atoms with Crippen LogP contribution in [0, 0.1) is 13.8 Å². The maximum absolute atomic E-state index is 12.7. The first kappa shape index (κ1) is 17.5. The van der Waals surface area contributed by atoms with Crippen molar-refractivity contribution < 1.29 is 14.3 Å². The minimum absolute atomic E-state index is 0.0314. The van der Waals surface area contributed by atoms with Crippen molar-refractivity contribution in [1.29, 1.82) is 0 Å². The van der Waals surface area contributed by atoms with Gasteiger partial charge >= 0.3 is 5.97 Å². The molecule has 4 rings (SSSR count). The van der Waals surface area contributed by atoms with Crippen molar-refractivity contribution in [3.63, 3.8) is 0 Å². The molecule has 1 aromatic heterocycles. The van der Waals surface area contributed by atoms with Crippen molar-refractivity contribution >= 4 is 11.9 Å². The highest BCUT2D eigenvalue weighted by atomic mass is 16.6. The summed E-state index contributed by atoms with van der Waals surface area (Å²) in [7, 11) is 0. The average molecular weight is 367 g/mol. The molecule has 0 atom stereocenters. The summed E-state index contributed by atoms with van der Waals surface area (Å²) in [6.45, 7) is 4.41. The first-order valence-electron chi connectivity index (χ1n) is 9.04. The number of rotatable bonds is 2. The van der Waals surface area contributed by atoms with Crippen molar-refractivity contribution in [3.8, 4) is 0 Å². The second kappa shape index (κ2) is 6.33. The summed E-state index contributed by atoms with van der Waals surface area (Å²) in [5.41, 5.74) is 1.93. The number of piperidine rings is 1. The number of carbonyl (C=O) groups excluding carboxylic acids is 2. The van der Waals surface area contributed by atoms with E-state index in [4.69, 9.17) is 4.74 Å². The Hall–Kier alpha value is -2.96. The van der Waals surface area contributed by atoms with Crippen molar-refractivity contribution in [2.45, 2.75) is 38.8 Å². The molecule has 2 aliphatic rings. The number of aryl methyl sites for hydroxylation is 1. The normalized spacial score (nSPS) is 17.7. The van der Waals surface area contributed by atoms with Gasteiger partial charge in [0.1, 0.15) is 12.1 Å². The smallest absolute Gasteiger partial charge is 0.339 e. The summed E-state index contributed by atoms with van der Waals surface area (Å²) in [6, 6.07) is 7.44. The minimum atomic E-state index is -0.636. The third kappa shape index (κ3) is 2.83. The van der Waals surface area contributed by atoms with E-state index >= 15 is 0 Å². The second-order valence-electron chi connectivity index (χ2n) is 7.20. The molecular formula is C20H21N3O4. The van der Waals surface area contributed by atoms with Crippen LogP contribution in [0.2, 0.25) is 0 Å². The van der Waals surface area contributed by atoms with E-state index in [1.807, 2.05) is 18.2 Å². The number of aromatic nitrogens is 2. The molecule has 0 aliphatic carbocycles. The van der Waals surface area contributed by atoms with Gasteiger partial charge in [-0.15, -0.1) is 0 Å². The number of nitrogens with zero attached hydrogens (tertiary/aromatic N) is 3. The number of hydrogen-bond acceptors (Lipinski definition) is 5. The van der Waals surface area contributed by atoms with Crippen LogP contribution < -0.4 is 5.56 Å². The van der Waals surface area contributed by atoms with Crippen LogP contribution in [0.25, 0.3) is 0 Å². The number of esters is 1. The molecule has 0 N–H and O–H groups in total. The average Bonchev–Trinajstić information content (AvgIpc) is 2.95. The number of fused-ring (bicyclic) bond motifs is 2. The third-order valence-electron chi connectivity index (χ3n) is 5.67. The predicted octanol–water partition coefficient (Wildman–Crippen LogP) is 1.55. The molecule has 1 fully saturated rings. The van der Waals surface area contributed by atoms with Crippen LogP contribution >= 0.6 is 0 Å². The van der Waals surface area contributed by atoms with Gasteiger partial charge in [-0.05, 0) is 19.9 Å². The van der Waals surface area contributed by atoms with E-state index in [1.54, 1.807) is 24.8 Å². The molecule has 1 amide bonds. The Morgan fingerprint density at radius 2 is 1.89 bits per heavy atom. The zero-order valence-corrected chi connectivity index (χ0v) is 15.4. The number of likely N-dealkylation sites (tertiary alicyclic amines) is 1.